The second-order valence-electron chi connectivity index (χ2n) is 9.62. The first-order valence-electron chi connectivity index (χ1n) is 10.6. The van der Waals surface area contributed by atoms with Crippen molar-refractivity contribution in [3.05, 3.63) is 40.5 Å². The van der Waals surface area contributed by atoms with Gasteiger partial charge in [0.1, 0.15) is 0 Å². The molecule has 5 heteroatoms. The van der Waals surface area contributed by atoms with Crippen LogP contribution in [-0.4, -0.2) is 22.5 Å². The lowest BCUT2D eigenvalue weighted by atomic mass is 9.49. The van der Waals surface area contributed by atoms with Crippen LogP contribution < -0.4 is 0 Å². The van der Waals surface area contributed by atoms with Gasteiger partial charge in [-0.1, -0.05) is 16.8 Å². The maximum absolute atomic E-state index is 13.7. The second-order valence-corrected chi connectivity index (χ2v) is 10.1. The Morgan fingerprint density at radius 3 is 2.36 bits per heavy atom. The maximum atomic E-state index is 13.7. The lowest BCUT2D eigenvalue weighted by molar-refractivity contribution is -0.158. The Bertz CT molecular complexity index is 897. The molecule has 28 heavy (non-hydrogen) atoms. The maximum Gasteiger partial charge on any atom is 0.229 e. The minimum absolute atomic E-state index is 0.0795. The van der Waals surface area contributed by atoms with E-state index in [1.807, 2.05) is 24.3 Å². The summed E-state index contributed by atoms with van der Waals surface area (Å²) in [5.74, 6) is 3.55. The highest BCUT2D eigenvalue weighted by atomic mass is 35.5. The van der Waals surface area contributed by atoms with Crippen molar-refractivity contribution >= 4 is 17.5 Å². The van der Waals surface area contributed by atoms with E-state index >= 15 is 0 Å². The van der Waals surface area contributed by atoms with Crippen LogP contribution in [0.4, 0.5) is 0 Å². The van der Waals surface area contributed by atoms with Crippen LogP contribution >= 0.6 is 11.6 Å². The minimum Gasteiger partial charge on any atom is -0.356 e. The van der Waals surface area contributed by atoms with Crippen molar-refractivity contribution in [1.82, 2.24) is 10.1 Å². The van der Waals surface area contributed by atoms with E-state index in [0.29, 0.717) is 17.5 Å². The molecule has 1 aliphatic heterocycles. The van der Waals surface area contributed by atoms with Crippen molar-refractivity contribution in [2.24, 2.45) is 23.2 Å². The zero-order valence-electron chi connectivity index (χ0n) is 16.0. The quantitative estimate of drug-likeness (QED) is 0.709. The van der Waals surface area contributed by atoms with Gasteiger partial charge in [-0.15, -0.1) is 0 Å². The summed E-state index contributed by atoms with van der Waals surface area (Å²) in [6, 6.07) is 7.66. The molecule has 0 unspecified atom stereocenters. The summed E-state index contributed by atoms with van der Waals surface area (Å²) >= 11 is 6.03. The summed E-state index contributed by atoms with van der Waals surface area (Å²) in [6.45, 7) is 1.39. The molecule has 4 saturated carbocycles. The molecule has 4 fully saturated rings. The highest BCUT2D eigenvalue weighted by Gasteiger charge is 2.55. The third-order valence-corrected chi connectivity index (χ3v) is 7.97. The van der Waals surface area contributed by atoms with Gasteiger partial charge in [0.2, 0.25) is 5.91 Å². The largest absolute Gasteiger partial charge is 0.356 e. The van der Waals surface area contributed by atoms with Crippen LogP contribution in [0.3, 0.4) is 0 Å². The molecule has 146 valence electrons. The van der Waals surface area contributed by atoms with Crippen LogP contribution in [0.5, 0.6) is 0 Å². The molecule has 1 amide bonds. The van der Waals surface area contributed by atoms with Gasteiger partial charge in [-0.05, 0) is 80.5 Å². The molecule has 0 radical (unpaired) electrons. The Balaban J connectivity index is 1.29. The monoisotopic (exact) mass is 396 g/mol. The van der Waals surface area contributed by atoms with Gasteiger partial charge in [-0.3, -0.25) is 4.79 Å². The fraction of sp³-hybridized carbons (Fsp3) is 0.565. The Morgan fingerprint density at radius 2 is 1.71 bits per heavy atom. The van der Waals surface area contributed by atoms with Crippen LogP contribution in [0.25, 0.3) is 11.3 Å². The molecule has 0 atom stereocenters. The van der Waals surface area contributed by atoms with E-state index in [-0.39, 0.29) is 5.41 Å². The molecular weight excluding hydrogens is 372 g/mol. The van der Waals surface area contributed by atoms with E-state index in [0.717, 1.165) is 72.6 Å². The standard InChI is InChI=1S/C23H25ClN2O2/c24-18-3-1-17(2-4-18)21-19-13-26(6-5-20(19)25-28-21)22(27)23-10-14-7-15(11-23)9-16(8-14)12-23/h1-4,14-16H,5-13H2. The van der Waals surface area contributed by atoms with Gasteiger partial charge in [-0.2, -0.15) is 0 Å². The zero-order valence-corrected chi connectivity index (χ0v) is 16.8. The predicted molar refractivity (Wildman–Crippen MR) is 107 cm³/mol. The lowest BCUT2D eigenvalue weighted by Gasteiger charge is -2.56. The molecule has 4 aliphatic carbocycles. The van der Waals surface area contributed by atoms with Crippen LogP contribution in [0.1, 0.15) is 49.8 Å². The summed E-state index contributed by atoms with van der Waals surface area (Å²) in [5, 5.41) is 5.00. The summed E-state index contributed by atoms with van der Waals surface area (Å²) in [6.07, 6.45) is 8.23. The third-order valence-electron chi connectivity index (χ3n) is 7.72. The fourth-order valence-electron chi connectivity index (χ4n) is 6.92. The van der Waals surface area contributed by atoms with Crippen molar-refractivity contribution in [2.45, 2.75) is 51.5 Å². The molecule has 1 aromatic carbocycles. The van der Waals surface area contributed by atoms with E-state index in [1.54, 1.807) is 0 Å². The summed E-state index contributed by atoms with van der Waals surface area (Å²) in [4.78, 5) is 15.8. The number of fused-ring (bicyclic) bond motifs is 1. The number of halogens is 1. The topological polar surface area (TPSA) is 46.3 Å². The number of benzene rings is 1. The molecule has 0 saturated heterocycles. The number of carbonyl (C=O) groups is 1. The number of amides is 1. The highest BCUT2D eigenvalue weighted by molar-refractivity contribution is 6.30. The molecule has 4 nitrogen and oxygen atoms in total. The summed E-state index contributed by atoms with van der Waals surface area (Å²) in [7, 11) is 0. The fourth-order valence-corrected chi connectivity index (χ4v) is 7.05. The van der Waals surface area contributed by atoms with E-state index in [9.17, 15) is 4.79 Å². The molecule has 7 rings (SSSR count). The molecule has 4 bridgehead atoms. The Labute approximate surface area is 170 Å². The van der Waals surface area contributed by atoms with E-state index < -0.39 is 0 Å². The zero-order chi connectivity index (χ0) is 18.9. The van der Waals surface area contributed by atoms with E-state index in [4.69, 9.17) is 16.1 Å². The van der Waals surface area contributed by atoms with Gasteiger partial charge in [0, 0.05) is 29.1 Å². The second kappa shape index (κ2) is 6.09. The number of hydrogen-bond donors (Lipinski definition) is 0. The first kappa shape index (κ1) is 17.1. The first-order chi connectivity index (χ1) is 13.6. The smallest absolute Gasteiger partial charge is 0.229 e. The Kier molecular flexibility index (Phi) is 3.72. The SMILES string of the molecule is O=C(N1CCc2noc(-c3ccc(Cl)cc3)c2C1)C12CC3CC(CC(C3)C1)C2. The van der Waals surface area contributed by atoms with Crippen LogP contribution in [0.2, 0.25) is 5.02 Å². The molecule has 5 aliphatic rings. The van der Waals surface area contributed by atoms with E-state index in [2.05, 4.69) is 10.1 Å². The van der Waals surface area contributed by atoms with E-state index in [1.165, 1.54) is 19.3 Å². The average molecular weight is 397 g/mol. The van der Waals surface area contributed by atoms with Gasteiger partial charge >= 0.3 is 0 Å². The van der Waals surface area contributed by atoms with Crippen molar-refractivity contribution in [3.8, 4) is 11.3 Å². The molecule has 0 N–H and O–H groups in total. The predicted octanol–water partition coefficient (Wildman–Crippen LogP) is 5.10. The van der Waals surface area contributed by atoms with Crippen molar-refractivity contribution in [2.75, 3.05) is 6.54 Å². The number of rotatable bonds is 2. The number of aromatic nitrogens is 1. The average Bonchev–Trinajstić information content (AvgIpc) is 3.10. The number of nitrogens with zero attached hydrogens (tertiary/aromatic N) is 2. The van der Waals surface area contributed by atoms with Crippen LogP contribution in [-0.2, 0) is 17.8 Å². The van der Waals surface area contributed by atoms with Crippen LogP contribution in [0, 0.1) is 23.2 Å². The molecule has 2 aromatic rings. The minimum atomic E-state index is -0.0795. The summed E-state index contributed by atoms with van der Waals surface area (Å²) in [5.41, 5.74) is 2.97. The third kappa shape index (κ3) is 2.57. The summed E-state index contributed by atoms with van der Waals surface area (Å²) < 4.78 is 5.69. The molecule has 2 heterocycles. The molecule has 1 aromatic heterocycles. The Morgan fingerprint density at radius 1 is 1.07 bits per heavy atom. The van der Waals surface area contributed by atoms with Gasteiger partial charge in [-0.25, -0.2) is 0 Å². The van der Waals surface area contributed by atoms with Crippen molar-refractivity contribution in [3.63, 3.8) is 0 Å². The normalized spacial score (nSPS) is 33.2. The Hall–Kier alpha value is -1.81. The van der Waals surface area contributed by atoms with Gasteiger partial charge in [0.05, 0.1) is 17.7 Å². The van der Waals surface area contributed by atoms with Crippen molar-refractivity contribution in [1.29, 1.82) is 0 Å². The van der Waals surface area contributed by atoms with Gasteiger partial charge < -0.3 is 9.42 Å². The van der Waals surface area contributed by atoms with Crippen molar-refractivity contribution < 1.29 is 9.32 Å². The number of carbonyl (C=O) groups excluding carboxylic acids is 1. The molecular formula is C23H25ClN2O2. The van der Waals surface area contributed by atoms with Gasteiger partial charge in [0.15, 0.2) is 5.76 Å². The van der Waals surface area contributed by atoms with Gasteiger partial charge in [0.25, 0.3) is 0 Å². The lowest BCUT2D eigenvalue weighted by Crippen LogP contribution is -2.55. The highest BCUT2D eigenvalue weighted by Crippen LogP contribution is 2.60. The first-order valence-corrected chi connectivity index (χ1v) is 11.0. The van der Waals surface area contributed by atoms with Crippen LogP contribution in [0.15, 0.2) is 28.8 Å². The number of hydrogen-bond acceptors (Lipinski definition) is 3. The molecule has 0 spiro atoms.